The molecule has 1 saturated heterocycles. The highest BCUT2D eigenvalue weighted by molar-refractivity contribution is 5.78. The minimum atomic E-state index is -0.471. The number of carbonyl (C=O) groups is 2. The van der Waals surface area contributed by atoms with Crippen LogP contribution in [0.25, 0.3) is 0 Å². The topological polar surface area (TPSA) is 78.9 Å². The number of hydrogen-bond donors (Lipinski definition) is 2. The first kappa shape index (κ1) is 19.6. The summed E-state index contributed by atoms with van der Waals surface area (Å²) in [5.41, 5.74) is 0.674. The number of nitrogens with zero attached hydrogens (tertiary/aromatic N) is 1. The first-order valence-corrected chi connectivity index (χ1v) is 9.56. The van der Waals surface area contributed by atoms with Gasteiger partial charge in [-0.05, 0) is 49.3 Å². The lowest BCUT2D eigenvalue weighted by atomic mass is 9.75. The molecule has 1 aromatic carbocycles. The molecular weight excluding hydrogens is 351 g/mol. The quantitative estimate of drug-likeness (QED) is 0.727. The van der Waals surface area contributed by atoms with Gasteiger partial charge in [-0.2, -0.15) is 0 Å². The molecule has 0 bridgehead atoms. The minimum absolute atomic E-state index is 0.0805. The fourth-order valence-corrected chi connectivity index (χ4v) is 3.87. The zero-order valence-corrected chi connectivity index (χ0v) is 15.6. The molecule has 27 heavy (non-hydrogen) atoms. The van der Waals surface area contributed by atoms with Gasteiger partial charge in [-0.25, -0.2) is 4.39 Å². The van der Waals surface area contributed by atoms with Crippen LogP contribution in [0.4, 0.5) is 4.39 Å². The monoisotopic (exact) mass is 378 g/mol. The summed E-state index contributed by atoms with van der Waals surface area (Å²) in [7, 11) is 1.41. The summed E-state index contributed by atoms with van der Waals surface area (Å²) in [6, 6.07) is 4.35. The number of carbonyl (C=O) groups excluding carboxylic acids is 2. The van der Waals surface area contributed by atoms with Crippen molar-refractivity contribution in [2.45, 2.75) is 50.7 Å². The van der Waals surface area contributed by atoms with E-state index >= 15 is 0 Å². The SMILES string of the molecule is COc1ccc([C@H](NC(=O)CCCN2CCCC2=O)C2CC(O)C2)cc1F. The molecule has 0 aromatic heterocycles. The van der Waals surface area contributed by atoms with E-state index in [-0.39, 0.29) is 35.6 Å². The molecule has 1 atom stereocenters. The number of rotatable bonds is 8. The highest BCUT2D eigenvalue weighted by Gasteiger charge is 2.36. The van der Waals surface area contributed by atoms with Crippen LogP contribution in [-0.2, 0) is 9.59 Å². The predicted molar refractivity (Wildman–Crippen MR) is 97.6 cm³/mol. The Kier molecular flexibility index (Phi) is 6.31. The number of aliphatic hydroxyl groups is 1. The maximum Gasteiger partial charge on any atom is 0.222 e. The molecule has 0 radical (unpaired) electrons. The lowest BCUT2D eigenvalue weighted by Gasteiger charge is -2.38. The Morgan fingerprint density at radius 2 is 2.22 bits per heavy atom. The Morgan fingerprint density at radius 3 is 2.81 bits per heavy atom. The molecule has 2 aliphatic rings. The maximum atomic E-state index is 14.1. The van der Waals surface area contributed by atoms with Gasteiger partial charge in [0.25, 0.3) is 0 Å². The Hall–Kier alpha value is -2.15. The van der Waals surface area contributed by atoms with E-state index in [0.29, 0.717) is 44.2 Å². The standard InChI is InChI=1S/C20H27FN2O4/c1-27-17-7-6-13(12-16(17)21)20(14-10-15(24)11-14)22-18(25)4-2-8-23-9-3-5-19(23)26/h6-7,12,14-15,20,24H,2-5,8-11H2,1H3,(H,22,25)/t14?,15?,20-/m0/s1. The molecule has 3 rings (SSSR count). The molecular formula is C20H27FN2O4. The highest BCUT2D eigenvalue weighted by atomic mass is 19.1. The fourth-order valence-electron chi connectivity index (χ4n) is 3.87. The zero-order valence-electron chi connectivity index (χ0n) is 15.6. The average molecular weight is 378 g/mol. The van der Waals surface area contributed by atoms with E-state index in [1.807, 2.05) is 0 Å². The molecule has 148 valence electrons. The summed E-state index contributed by atoms with van der Waals surface area (Å²) in [4.78, 5) is 25.8. The van der Waals surface area contributed by atoms with Crippen LogP contribution in [0.2, 0.25) is 0 Å². The normalized spacial score (nSPS) is 23.1. The maximum absolute atomic E-state index is 14.1. The van der Waals surface area contributed by atoms with Crippen LogP contribution < -0.4 is 10.1 Å². The number of benzene rings is 1. The van der Waals surface area contributed by atoms with E-state index in [1.54, 1.807) is 17.0 Å². The minimum Gasteiger partial charge on any atom is -0.494 e. The molecule has 1 aromatic rings. The van der Waals surface area contributed by atoms with Crippen molar-refractivity contribution >= 4 is 11.8 Å². The third-order valence-electron chi connectivity index (χ3n) is 5.48. The summed E-state index contributed by atoms with van der Waals surface area (Å²) in [5.74, 6) is -0.193. The second kappa shape index (κ2) is 8.69. The third kappa shape index (κ3) is 4.77. The highest BCUT2D eigenvalue weighted by Crippen LogP contribution is 2.39. The fraction of sp³-hybridized carbons (Fsp3) is 0.600. The molecule has 2 N–H and O–H groups in total. The molecule has 0 spiro atoms. The first-order valence-electron chi connectivity index (χ1n) is 9.56. The van der Waals surface area contributed by atoms with Crippen LogP contribution >= 0.6 is 0 Å². The molecule has 1 aliphatic heterocycles. The number of halogens is 1. The summed E-state index contributed by atoms with van der Waals surface area (Å²) in [5, 5.41) is 12.6. The van der Waals surface area contributed by atoms with Crippen molar-refractivity contribution in [1.29, 1.82) is 0 Å². The van der Waals surface area contributed by atoms with Gasteiger partial charge in [0.15, 0.2) is 11.6 Å². The number of aliphatic hydroxyl groups excluding tert-OH is 1. The molecule has 1 saturated carbocycles. The van der Waals surface area contributed by atoms with Crippen LogP contribution in [0.15, 0.2) is 18.2 Å². The smallest absolute Gasteiger partial charge is 0.222 e. The van der Waals surface area contributed by atoms with E-state index < -0.39 is 5.82 Å². The lowest BCUT2D eigenvalue weighted by Crippen LogP contribution is -2.41. The van der Waals surface area contributed by atoms with Crippen LogP contribution in [0.1, 0.15) is 50.1 Å². The van der Waals surface area contributed by atoms with Gasteiger partial charge >= 0.3 is 0 Å². The van der Waals surface area contributed by atoms with Gasteiger partial charge < -0.3 is 20.1 Å². The van der Waals surface area contributed by atoms with Crippen molar-refractivity contribution in [3.8, 4) is 5.75 Å². The van der Waals surface area contributed by atoms with Crippen LogP contribution in [0, 0.1) is 11.7 Å². The van der Waals surface area contributed by atoms with E-state index in [1.165, 1.54) is 13.2 Å². The van der Waals surface area contributed by atoms with Gasteiger partial charge in [-0.15, -0.1) is 0 Å². The molecule has 1 aliphatic carbocycles. The largest absolute Gasteiger partial charge is 0.494 e. The van der Waals surface area contributed by atoms with Gasteiger partial charge in [0, 0.05) is 25.9 Å². The summed E-state index contributed by atoms with van der Waals surface area (Å²) >= 11 is 0. The van der Waals surface area contributed by atoms with Gasteiger partial charge in [0.1, 0.15) is 0 Å². The second-order valence-corrected chi connectivity index (χ2v) is 7.41. The van der Waals surface area contributed by atoms with Gasteiger partial charge in [-0.3, -0.25) is 9.59 Å². The Balaban J connectivity index is 1.59. The van der Waals surface area contributed by atoms with Crippen molar-refractivity contribution < 1.29 is 23.8 Å². The van der Waals surface area contributed by atoms with Crippen molar-refractivity contribution in [2.24, 2.45) is 5.92 Å². The number of likely N-dealkylation sites (tertiary alicyclic amines) is 1. The summed E-state index contributed by atoms with van der Waals surface area (Å²) in [6.07, 6.45) is 3.21. The van der Waals surface area contributed by atoms with E-state index in [4.69, 9.17) is 4.74 Å². The van der Waals surface area contributed by atoms with Gasteiger partial charge in [0.05, 0.1) is 19.3 Å². The van der Waals surface area contributed by atoms with Gasteiger partial charge in [-0.1, -0.05) is 6.07 Å². The average Bonchev–Trinajstić information content (AvgIpc) is 3.02. The van der Waals surface area contributed by atoms with Crippen LogP contribution in [0.5, 0.6) is 5.75 Å². The Morgan fingerprint density at radius 1 is 1.44 bits per heavy atom. The third-order valence-corrected chi connectivity index (χ3v) is 5.48. The van der Waals surface area contributed by atoms with Crippen molar-refractivity contribution in [3.05, 3.63) is 29.6 Å². The molecule has 0 unspecified atom stereocenters. The van der Waals surface area contributed by atoms with Crippen molar-refractivity contribution in [3.63, 3.8) is 0 Å². The second-order valence-electron chi connectivity index (χ2n) is 7.41. The Labute approximate surface area is 158 Å². The zero-order chi connectivity index (χ0) is 19.4. The lowest BCUT2D eigenvalue weighted by molar-refractivity contribution is -0.128. The van der Waals surface area contributed by atoms with E-state index in [2.05, 4.69) is 5.32 Å². The van der Waals surface area contributed by atoms with Crippen molar-refractivity contribution in [1.82, 2.24) is 10.2 Å². The van der Waals surface area contributed by atoms with Gasteiger partial charge in [0.2, 0.25) is 11.8 Å². The molecule has 6 nitrogen and oxygen atoms in total. The van der Waals surface area contributed by atoms with Crippen LogP contribution in [-0.4, -0.2) is 48.1 Å². The van der Waals surface area contributed by atoms with E-state index in [0.717, 1.165) is 13.0 Å². The summed E-state index contributed by atoms with van der Waals surface area (Å²) < 4.78 is 19.1. The molecule has 1 heterocycles. The summed E-state index contributed by atoms with van der Waals surface area (Å²) in [6.45, 7) is 1.37. The number of ether oxygens (including phenoxy) is 1. The first-order chi connectivity index (χ1) is 13.0. The molecule has 2 fully saturated rings. The number of nitrogens with one attached hydrogen (secondary N) is 1. The van der Waals surface area contributed by atoms with Crippen molar-refractivity contribution in [2.75, 3.05) is 20.2 Å². The van der Waals surface area contributed by atoms with E-state index in [9.17, 15) is 19.1 Å². The number of hydrogen-bond acceptors (Lipinski definition) is 4. The molecule has 7 heteroatoms. The Bertz CT molecular complexity index is 691. The van der Waals surface area contributed by atoms with Crippen LogP contribution in [0.3, 0.4) is 0 Å². The number of amides is 2. The predicted octanol–water partition coefficient (Wildman–Crippen LogP) is 2.17. The number of methoxy groups -OCH3 is 1. The molecule has 2 amide bonds.